The molecule has 0 aliphatic heterocycles. The van der Waals surface area contributed by atoms with E-state index in [-0.39, 0.29) is 5.78 Å². The van der Waals surface area contributed by atoms with Gasteiger partial charge in [0.2, 0.25) is 0 Å². The lowest BCUT2D eigenvalue weighted by Gasteiger charge is -2.12. The van der Waals surface area contributed by atoms with Gasteiger partial charge in [-0.15, -0.1) is 0 Å². The Balaban J connectivity index is 1.60. The minimum atomic E-state index is -0.417. The lowest BCUT2D eigenvalue weighted by atomic mass is 9.92. The van der Waals surface area contributed by atoms with Crippen LogP contribution in [-0.2, 0) is 9.59 Å². The maximum atomic E-state index is 11.9. The second kappa shape index (κ2) is 8.43. The zero-order chi connectivity index (χ0) is 18.4. The second-order valence-electron chi connectivity index (χ2n) is 6.53. The van der Waals surface area contributed by atoms with E-state index < -0.39 is 5.97 Å². The van der Waals surface area contributed by atoms with E-state index in [9.17, 15) is 9.59 Å². The molecule has 0 spiro atoms. The summed E-state index contributed by atoms with van der Waals surface area (Å²) in [4.78, 5) is 23.8. The van der Waals surface area contributed by atoms with Crippen LogP contribution in [0.2, 0.25) is 0 Å². The van der Waals surface area contributed by atoms with Gasteiger partial charge in [0.25, 0.3) is 0 Å². The minimum Gasteiger partial charge on any atom is -0.423 e. The van der Waals surface area contributed by atoms with E-state index in [1.54, 1.807) is 18.2 Å². The number of Topliss-reactive ketones (excluding diaryl/α,β-unsaturated/α-hetero) is 1. The van der Waals surface area contributed by atoms with Gasteiger partial charge < -0.3 is 4.74 Å². The summed E-state index contributed by atoms with van der Waals surface area (Å²) in [5.41, 5.74) is 3.97. The number of esters is 1. The first-order chi connectivity index (χ1) is 12.6. The van der Waals surface area contributed by atoms with E-state index in [0.29, 0.717) is 12.2 Å². The Kier molecular flexibility index (Phi) is 5.80. The van der Waals surface area contributed by atoms with Crippen LogP contribution >= 0.6 is 0 Å². The van der Waals surface area contributed by atoms with Gasteiger partial charge in [0.1, 0.15) is 5.75 Å². The highest BCUT2D eigenvalue weighted by molar-refractivity contribution is 6.00. The number of hydrogen-bond acceptors (Lipinski definition) is 3. The second-order valence-corrected chi connectivity index (χ2v) is 6.53. The van der Waals surface area contributed by atoms with E-state index in [1.165, 1.54) is 11.6 Å². The average molecular weight is 346 g/mol. The van der Waals surface area contributed by atoms with Crippen LogP contribution in [0.4, 0.5) is 0 Å². The Bertz CT molecular complexity index is 840. The van der Waals surface area contributed by atoms with Gasteiger partial charge in [-0.25, -0.2) is 4.79 Å². The minimum absolute atomic E-state index is 0.244. The van der Waals surface area contributed by atoms with Crippen molar-refractivity contribution in [3.8, 4) is 5.75 Å². The highest BCUT2D eigenvalue weighted by Crippen LogP contribution is 2.23. The van der Waals surface area contributed by atoms with Crippen molar-refractivity contribution in [3.05, 3.63) is 76.9 Å². The zero-order valence-electron chi connectivity index (χ0n) is 14.9. The van der Waals surface area contributed by atoms with Gasteiger partial charge >= 0.3 is 5.97 Å². The Hall–Kier alpha value is -2.94. The molecule has 0 N–H and O–H groups in total. The van der Waals surface area contributed by atoms with Crippen LogP contribution in [0.15, 0.2) is 60.2 Å². The van der Waals surface area contributed by atoms with Crippen molar-refractivity contribution >= 4 is 23.9 Å². The van der Waals surface area contributed by atoms with Crippen molar-refractivity contribution in [2.75, 3.05) is 0 Å². The Morgan fingerprint density at radius 2 is 1.58 bits per heavy atom. The highest BCUT2D eigenvalue weighted by atomic mass is 16.5. The zero-order valence-corrected chi connectivity index (χ0v) is 14.9. The summed E-state index contributed by atoms with van der Waals surface area (Å²) in [7, 11) is 0. The molecule has 2 aromatic rings. The molecule has 1 saturated carbocycles. The fourth-order valence-electron chi connectivity index (χ4n) is 2.88. The van der Waals surface area contributed by atoms with Crippen LogP contribution in [0.1, 0.15) is 42.4 Å². The number of ketones is 1. The standard InChI is InChI=1S/C23H22O3/c1-17-6-8-18(9-7-17)12-15-23(25)26-21-13-10-19(11-14-21)16-20-4-2-3-5-22(20)24/h6-16H,2-5H2,1H3/b15-12+,20-16+. The molecule has 0 saturated heterocycles. The largest absolute Gasteiger partial charge is 0.423 e. The van der Waals surface area contributed by atoms with Gasteiger partial charge in [-0.3, -0.25) is 4.79 Å². The van der Waals surface area contributed by atoms with Crippen LogP contribution in [0.25, 0.3) is 12.2 Å². The van der Waals surface area contributed by atoms with Crippen molar-refractivity contribution in [2.24, 2.45) is 0 Å². The summed E-state index contributed by atoms with van der Waals surface area (Å²) in [6.45, 7) is 2.02. The first kappa shape index (κ1) is 17.9. The van der Waals surface area contributed by atoms with Gasteiger partial charge in [0, 0.05) is 12.5 Å². The van der Waals surface area contributed by atoms with Crippen LogP contribution in [0.5, 0.6) is 5.75 Å². The quantitative estimate of drug-likeness (QED) is 0.437. The maximum absolute atomic E-state index is 11.9. The smallest absolute Gasteiger partial charge is 0.336 e. The van der Waals surface area contributed by atoms with Gasteiger partial charge in [0.05, 0.1) is 0 Å². The van der Waals surface area contributed by atoms with E-state index in [1.807, 2.05) is 49.4 Å². The molecule has 1 fully saturated rings. The molecule has 0 amide bonds. The normalized spacial score (nSPS) is 16.2. The number of ether oxygens (including phenoxy) is 1. The monoisotopic (exact) mass is 346 g/mol. The summed E-state index contributed by atoms with van der Waals surface area (Å²) in [6, 6.07) is 15.1. The molecule has 3 heteroatoms. The fourth-order valence-corrected chi connectivity index (χ4v) is 2.88. The highest BCUT2D eigenvalue weighted by Gasteiger charge is 2.14. The molecule has 3 nitrogen and oxygen atoms in total. The first-order valence-electron chi connectivity index (χ1n) is 8.90. The van der Waals surface area contributed by atoms with Crippen molar-refractivity contribution in [1.82, 2.24) is 0 Å². The SMILES string of the molecule is Cc1ccc(/C=C/C(=O)Oc2ccc(/C=C3\CCCCC3=O)cc2)cc1. The predicted octanol–water partition coefficient (Wildman–Crippen LogP) is 5.14. The van der Waals surface area contributed by atoms with Crippen LogP contribution in [-0.4, -0.2) is 11.8 Å². The van der Waals surface area contributed by atoms with Crippen molar-refractivity contribution in [1.29, 1.82) is 0 Å². The number of benzene rings is 2. The van der Waals surface area contributed by atoms with Gasteiger partial charge in [0.15, 0.2) is 5.78 Å². The van der Waals surface area contributed by atoms with Gasteiger partial charge in [-0.05, 0) is 67.2 Å². The lowest BCUT2D eigenvalue weighted by molar-refractivity contribution is -0.128. The maximum Gasteiger partial charge on any atom is 0.336 e. The number of rotatable bonds is 4. The Morgan fingerprint density at radius 3 is 2.27 bits per heavy atom. The number of carbonyl (C=O) groups is 2. The van der Waals surface area contributed by atoms with Crippen molar-refractivity contribution < 1.29 is 14.3 Å². The van der Waals surface area contributed by atoms with Crippen LogP contribution in [0.3, 0.4) is 0 Å². The van der Waals surface area contributed by atoms with E-state index >= 15 is 0 Å². The van der Waals surface area contributed by atoms with Crippen LogP contribution in [0, 0.1) is 6.92 Å². The Morgan fingerprint density at radius 1 is 0.923 bits per heavy atom. The fraction of sp³-hybridized carbons (Fsp3) is 0.217. The molecule has 0 heterocycles. The summed E-state index contributed by atoms with van der Waals surface area (Å²) in [6.07, 6.45) is 8.64. The molecule has 132 valence electrons. The van der Waals surface area contributed by atoms with Crippen molar-refractivity contribution in [3.63, 3.8) is 0 Å². The lowest BCUT2D eigenvalue weighted by Crippen LogP contribution is -2.08. The molecule has 1 aliphatic carbocycles. The summed E-state index contributed by atoms with van der Waals surface area (Å²) < 4.78 is 5.31. The molecule has 0 atom stereocenters. The van der Waals surface area contributed by atoms with Crippen LogP contribution < -0.4 is 4.74 Å². The van der Waals surface area contributed by atoms with Crippen molar-refractivity contribution in [2.45, 2.75) is 32.6 Å². The van der Waals surface area contributed by atoms with E-state index in [4.69, 9.17) is 4.74 Å². The molecular weight excluding hydrogens is 324 g/mol. The molecule has 0 radical (unpaired) electrons. The average Bonchev–Trinajstić information content (AvgIpc) is 2.65. The summed E-state index contributed by atoms with van der Waals surface area (Å²) >= 11 is 0. The van der Waals surface area contributed by atoms with Gasteiger partial charge in [-0.1, -0.05) is 42.0 Å². The molecule has 0 unspecified atom stereocenters. The number of aryl methyl sites for hydroxylation is 1. The molecule has 1 aliphatic rings. The van der Waals surface area contributed by atoms with Gasteiger partial charge in [-0.2, -0.15) is 0 Å². The molecule has 3 rings (SSSR count). The number of carbonyl (C=O) groups excluding carboxylic acids is 2. The third kappa shape index (κ3) is 5.03. The predicted molar refractivity (Wildman–Crippen MR) is 104 cm³/mol. The van der Waals surface area contributed by atoms with E-state index in [0.717, 1.165) is 36.0 Å². The molecule has 0 bridgehead atoms. The summed E-state index contributed by atoms with van der Waals surface area (Å²) in [5.74, 6) is 0.313. The molecule has 2 aromatic carbocycles. The third-order valence-corrected chi connectivity index (χ3v) is 4.39. The first-order valence-corrected chi connectivity index (χ1v) is 8.90. The summed E-state index contributed by atoms with van der Waals surface area (Å²) in [5, 5.41) is 0. The molecule has 26 heavy (non-hydrogen) atoms. The Labute approximate surface area is 154 Å². The number of allylic oxidation sites excluding steroid dienone is 1. The topological polar surface area (TPSA) is 43.4 Å². The van der Waals surface area contributed by atoms with E-state index in [2.05, 4.69) is 0 Å². The molecular formula is C23H22O3. The molecule has 0 aromatic heterocycles. The third-order valence-electron chi connectivity index (χ3n) is 4.39. The number of hydrogen-bond donors (Lipinski definition) is 0.